The molecule has 0 aliphatic carbocycles. The third-order valence-corrected chi connectivity index (χ3v) is 9.67. The predicted octanol–water partition coefficient (Wildman–Crippen LogP) is 7.82. The monoisotopic (exact) mass is 827 g/mol. The third kappa shape index (κ3) is 9.91. The molecule has 0 atom stereocenters. The number of nitrogens with one attached hydrogen (secondary N) is 2. The summed E-state index contributed by atoms with van der Waals surface area (Å²) in [5.74, 6) is -0.924. The van der Waals surface area contributed by atoms with Crippen LogP contribution in [0.3, 0.4) is 0 Å². The number of benzene rings is 6. The number of ether oxygens (including phenoxy) is 2. The van der Waals surface area contributed by atoms with Crippen molar-refractivity contribution in [3.8, 4) is 5.75 Å². The van der Waals surface area contributed by atoms with Crippen molar-refractivity contribution in [1.82, 2.24) is 25.5 Å². The van der Waals surface area contributed by atoms with Crippen molar-refractivity contribution in [3.63, 3.8) is 0 Å². The third-order valence-electron chi connectivity index (χ3n) is 9.67. The highest BCUT2D eigenvalue weighted by Crippen LogP contribution is 2.39. The van der Waals surface area contributed by atoms with Gasteiger partial charge in [-0.1, -0.05) is 140 Å². The highest BCUT2D eigenvalue weighted by atomic mass is 16.6. The molecule has 0 radical (unpaired) electrons. The van der Waals surface area contributed by atoms with Gasteiger partial charge in [0.15, 0.2) is 17.9 Å². The lowest BCUT2D eigenvalue weighted by molar-refractivity contribution is -0.153. The minimum atomic E-state index is -0.941. The van der Waals surface area contributed by atoms with Gasteiger partial charge in [-0.2, -0.15) is 0 Å². The van der Waals surface area contributed by atoms with Crippen molar-refractivity contribution < 1.29 is 28.7 Å². The second kappa shape index (κ2) is 19.0. The fourth-order valence-electron chi connectivity index (χ4n) is 7.02. The van der Waals surface area contributed by atoms with Crippen molar-refractivity contribution >= 4 is 35.1 Å². The lowest BCUT2D eigenvalue weighted by Crippen LogP contribution is -2.45. The Morgan fingerprint density at radius 3 is 1.84 bits per heavy atom. The summed E-state index contributed by atoms with van der Waals surface area (Å²) in [6.45, 7) is 4.12. The molecule has 0 unspecified atom stereocenters. The summed E-state index contributed by atoms with van der Waals surface area (Å²) in [5, 5.41) is 19.1. The Morgan fingerprint density at radius 1 is 0.677 bits per heavy atom. The number of anilines is 2. The van der Waals surface area contributed by atoms with E-state index >= 15 is 0 Å². The number of nitrogens with zero attached hydrogens (tertiary/aromatic N) is 5. The molecule has 0 saturated carbocycles. The number of ketones is 1. The minimum absolute atomic E-state index is 0.0274. The first-order valence-corrected chi connectivity index (χ1v) is 20.0. The molecule has 0 aliphatic heterocycles. The van der Waals surface area contributed by atoms with E-state index in [4.69, 9.17) is 14.6 Å². The van der Waals surface area contributed by atoms with Crippen LogP contribution in [0.25, 0.3) is 0 Å². The number of esters is 1. The summed E-state index contributed by atoms with van der Waals surface area (Å²) >= 11 is 0. The molecule has 1 aromatic heterocycles. The number of urea groups is 1. The molecule has 6 aromatic carbocycles. The summed E-state index contributed by atoms with van der Waals surface area (Å²) in [5.41, 5.74) is 2.26. The van der Waals surface area contributed by atoms with Gasteiger partial charge in [0, 0.05) is 22.9 Å². The van der Waals surface area contributed by atoms with Gasteiger partial charge < -0.3 is 20.1 Å². The van der Waals surface area contributed by atoms with Gasteiger partial charge in [-0.25, -0.2) is 4.79 Å². The highest BCUT2D eigenvalue weighted by Gasteiger charge is 2.41. The largest absolute Gasteiger partial charge is 0.485 e. The van der Waals surface area contributed by atoms with Crippen molar-refractivity contribution in [2.75, 3.05) is 23.3 Å². The zero-order valence-electron chi connectivity index (χ0n) is 34.5. The van der Waals surface area contributed by atoms with Crippen molar-refractivity contribution in [1.29, 1.82) is 0 Å². The molecule has 0 spiro atoms. The molecule has 7 rings (SSSR count). The first kappa shape index (κ1) is 42.2. The lowest BCUT2D eigenvalue weighted by atomic mass is 9.77. The number of hydrogen-bond acceptors (Lipinski definition) is 9. The second-order valence-electron chi connectivity index (χ2n) is 15.2. The number of tetrazole rings is 1. The number of carbonyl (C=O) groups excluding carboxylic acids is 4. The van der Waals surface area contributed by atoms with E-state index in [0.29, 0.717) is 22.8 Å². The van der Waals surface area contributed by atoms with Crippen LogP contribution in [-0.4, -0.2) is 62.6 Å². The zero-order chi connectivity index (χ0) is 43.5. The maximum absolute atomic E-state index is 13.8. The van der Waals surface area contributed by atoms with E-state index in [2.05, 4.69) is 20.9 Å². The van der Waals surface area contributed by atoms with E-state index in [9.17, 15) is 19.2 Å². The van der Waals surface area contributed by atoms with E-state index in [0.717, 1.165) is 21.6 Å². The van der Waals surface area contributed by atoms with Gasteiger partial charge in [-0.3, -0.25) is 19.3 Å². The Morgan fingerprint density at radius 2 is 1.24 bits per heavy atom. The summed E-state index contributed by atoms with van der Waals surface area (Å²) < 4.78 is 11.6. The van der Waals surface area contributed by atoms with Crippen LogP contribution in [0, 0.1) is 0 Å². The molecule has 13 heteroatoms. The molecule has 0 aliphatic rings. The average molecular weight is 828 g/mol. The van der Waals surface area contributed by atoms with Crippen LogP contribution < -0.4 is 20.3 Å². The van der Waals surface area contributed by atoms with Crippen LogP contribution in [0.1, 0.15) is 59.2 Å². The van der Waals surface area contributed by atoms with Gasteiger partial charge in [-0.05, 0) is 66.9 Å². The SMILES string of the molecule is CC(C)(C)OC(=O)CN(C(=O)CNC(=O)Nc1cccc(OCc2nnn(C(c3ccccc3)(c3ccccc3)c3ccccc3)n2)c1)c1ccccc1C(=O)c1ccccc1. The summed E-state index contributed by atoms with van der Waals surface area (Å²) in [4.78, 5) is 56.4. The first-order valence-electron chi connectivity index (χ1n) is 20.0. The summed E-state index contributed by atoms with van der Waals surface area (Å²) in [7, 11) is 0. The van der Waals surface area contributed by atoms with E-state index in [1.165, 1.54) is 0 Å². The van der Waals surface area contributed by atoms with E-state index in [1.54, 1.807) is 104 Å². The van der Waals surface area contributed by atoms with Gasteiger partial charge >= 0.3 is 12.0 Å². The molecule has 0 saturated heterocycles. The molecule has 0 fully saturated rings. The fraction of sp³-hybridized carbons (Fsp3) is 0.163. The van der Waals surface area contributed by atoms with Crippen molar-refractivity contribution in [2.24, 2.45) is 0 Å². The summed E-state index contributed by atoms with van der Waals surface area (Å²) in [6, 6.07) is 51.1. The highest BCUT2D eigenvalue weighted by molar-refractivity contribution is 6.15. The number of para-hydroxylation sites is 1. The molecule has 13 nitrogen and oxygen atoms in total. The first-order chi connectivity index (χ1) is 30.0. The standard InChI is InChI=1S/C49H45N7O6/c1-48(2,3)62-45(58)33-55(42-30-17-16-29-41(42)46(59)35-19-8-4-9-20-35)44(57)32-50-47(60)51-39-27-18-28-40(31-39)61-34-43-52-54-56(53-43)49(36-21-10-5-11-22-36,37-23-12-6-13-24-37)38-25-14-7-15-26-38/h4-31H,32-34H2,1-3H3,(H2,50,51,60). The Kier molecular flexibility index (Phi) is 12.9. The Hall–Kier alpha value is -7.93. The van der Waals surface area contributed by atoms with Gasteiger partial charge in [0.05, 0.1) is 12.2 Å². The molecule has 62 heavy (non-hydrogen) atoms. The molecule has 3 amide bonds. The minimum Gasteiger partial charge on any atom is -0.485 e. The van der Waals surface area contributed by atoms with E-state index in [1.807, 2.05) is 91.0 Å². The topological polar surface area (TPSA) is 158 Å². The van der Waals surface area contributed by atoms with Crippen LogP contribution in [-0.2, 0) is 26.5 Å². The average Bonchev–Trinajstić information content (AvgIpc) is 3.77. The van der Waals surface area contributed by atoms with Gasteiger partial charge in [0.2, 0.25) is 11.7 Å². The molecule has 1 heterocycles. The van der Waals surface area contributed by atoms with Gasteiger partial charge in [0.25, 0.3) is 0 Å². The van der Waals surface area contributed by atoms with Gasteiger partial charge in [-0.15, -0.1) is 15.0 Å². The van der Waals surface area contributed by atoms with E-state index in [-0.39, 0.29) is 23.6 Å². The fourth-order valence-corrected chi connectivity index (χ4v) is 7.02. The Bertz CT molecular complexity index is 2540. The zero-order valence-corrected chi connectivity index (χ0v) is 34.5. The smallest absolute Gasteiger partial charge is 0.326 e. The molecule has 312 valence electrons. The number of rotatable bonds is 15. The number of hydrogen-bond donors (Lipinski definition) is 2. The van der Waals surface area contributed by atoms with Crippen molar-refractivity contribution in [2.45, 2.75) is 38.5 Å². The maximum Gasteiger partial charge on any atom is 0.326 e. The molecule has 2 N–H and O–H groups in total. The molecular weight excluding hydrogens is 783 g/mol. The Labute approximate surface area is 359 Å². The van der Waals surface area contributed by atoms with Crippen LogP contribution in [0.15, 0.2) is 170 Å². The number of amides is 3. The van der Waals surface area contributed by atoms with Crippen molar-refractivity contribution in [3.05, 3.63) is 203 Å². The second-order valence-corrected chi connectivity index (χ2v) is 15.2. The number of aromatic nitrogens is 4. The maximum atomic E-state index is 13.8. The van der Waals surface area contributed by atoms with Gasteiger partial charge in [0.1, 0.15) is 17.9 Å². The molecular formula is C49H45N7O6. The Balaban J connectivity index is 1.04. The van der Waals surface area contributed by atoms with Crippen LogP contribution in [0.4, 0.5) is 16.2 Å². The summed E-state index contributed by atoms with van der Waals surface area (Å²) in [6.07, 6.45) is 0. The van der Waals surface area contributed by atoms with Crippen LogP contribution in [0.2, 0.25) is 0 Å². The van der Waals surface area contributed by atoms with Crippen LogP contribution >= 0.6 is 0 Å². The number of carbonyl (C=O) groups is 4. The van der Waals surface area contributed by atoms with Crippen LogP contribution in [0.5, 0.6) is 5.75 Å². The lowest BCUT2D eigenvalue weighted by Gasteiger charge is -2.34. The molecule has 7 aromatic rings. The quantitative estimate of drug-likeness (QED) is 0.0598. The van der Waals surface area contributed by atoms with E-state index < -0.39 is 42.1 Å². The predicted molar refractivity (Wildman–Crippen MR) is 235 cm³/mol. The normalized spacial score (nSPS) is 11.3. The molecule has 0 bridgehead atoms.